The van der Waals surface area contributed by atoms with Crippen LogP contribution in [0.25, 0.3) is 0 Å². The number of carbonyl (C=O) groups is 1. The minimum atomic E-state index is -2.83. The number of pyridine rings is 1. The maximum absolute atomic E-state index is 13.2. The van der Waals surface area contributed by atoms with Crippen molar-refractivity contribution < 1.29 is 18.3 Å². The van der Waals surface area contributed by atoms with Crippen LogP contribution in [0.4, 0.5) is 8.78 Å². The van der Waals surface area contributed by atoms with Gasteiger partial charge in [0.1, 0.15) is 12.4 Å². The van der Waals surface area contributed by atoms with Gasteiger partial charge in [-0.25, -0.2) is 8.78 Å². The van der Waals surface area contributed by atoms with Gasteiger partial charge in [-0.1, -0.05) is 18.2 Å². The van der Waals surface area contributed by atoms with E-state index >= 15 is 0 Å². The number of nitrogens with zero attached hydrogens (tertiary/aromatic N) is 1. The quantitative estimate of drug-likeness (QED) is 0.831. The van der Waals surface area contributed by atoms with Crippen molar-refractivity contribution in [1.82, 2.24) is 15.6 Å². The second-order valence-corrected chi connectivity index (χ2v) is 6.41. The standard InChI is InChI=1S/C19H21F2N3O2/c1-13(24-18(25)17-10-19(20,21)12-23-17)14-5-4-7-16(9-14)26-11-15-6-2-3-8-22-15/h2-9,13,17,23H,10-12H2,1H3,(H,24,25). The average Bonchev–Trinajstić information content (AvgIpc) is 3.01. The molecule has 0 radical (unpaired) electrons. The number of halogens is 2. The first-order valence-corrected chi connectivity index (χ1v) is 8.47. The van der Waals surface area contributed by atoms with Crippen LogP contribution >= 0.6 is 0 Å². The number of hydrogen-bond acceptors (Lipinski definition) is 4. The molecule has 5 nitrogen and oxygen atoms in total. The van der Waals surface area contributed by atoms with Crippen LogP contribution in [0.3, 0.4) is 0 Å². The highest BCUT2D eigenvalue weighted by molar-refractivity contribution is 5.82. The van der Waals surface area contributed by atoms with Gasteiger partial charge in [-0.3, -0.25) is 15.1 Å². The van der Waals surface area contributed by atoms with Gasteiger partial charge in [0.25, 0.3) is 5.92 Å². The molecule has 2 N–H and O–H groups in total. The molecule has 0 aliphatic carbocycles. The summed E-state index contributed by atoms with van der Waals surface area (Å²) in [7, 11) is 0. The molecule has 26 heavy (non-hydrogen) atoms. The van der Waals surface area contributed by atoms with Crippen LogP contribution in [0.2, 0.25) is 0 Å². The van der Waals surface area contributed by atoms with Crippen LogP contribution in [0, 0.1) is 0 Å². The third-order valence-electron chi connectivity index (χ3n) is 4.26. The Bertz CT molecular complexity index is 755. The van der Waals surface area contributed by atoms with Crippen molar-refractivity contribution in [3.8, 4) is 5.75 Å². The van der Waals surface area contributed by atoms with Crippen LogP contribution < -0.4 is 15.4 Å². The molecule has 0 spiro atoms. The van der Waals surface area contributed by atoms with Crippen molar-refractivity contribution in [1.29, 1.82) is 0 Å². The van der Waals surface area contributed by atoms with Gasteiger partial charge in [-0.2, -0.15) is 0 Å². The lowest BCUT2D eigenvalue weighted by molar-refractivity contribution is -0.124. The summed E-state index contributed by atoms with van der Waals surface area (Å²) < 4.78 is 32.2. The van der Waals surface area contributed by atoms with Gasteiger partial charge < -0.3 is 10.1 Å². The lowest BCUT2D eigenvalue weighted by Gasteiger charge is -2.18. The smallest absolute Gasteiger partial charge is 0.262 e. The molecule has 2 aromatic rings. The highest BCUT2D eigenvalue weighted by Crippen LogP contribution is 2.26. The molecule has 0 bridgehead atoms. The zero-order chi connectivity index (χ0) is 18.6. The topological polar surface area (TPSA) is 63.2 Å². The van der Waals surface area contributed by atoms with E-state index in [1.807, 2.05) is 49.4 Å². The summed E-state index contributed by atoms with van der Waals surface area (Å²) in [5, 5.41) is 5.33. The number of alkyl halides is 2. The molecule has 1 fully saturated rings. The Balaban J connectivity index is 1.57. The zero-order valence-electron chi connectivity index (χ0n) is 14.4. The molecule has 7 heteroatoms. The van der Waals surface area contributed by atoms with Gasteiger partial charge in [0.2, 0.25) is 5.91 Å². The van der Waals surface area contributed by atoms with Crippen LogP contribution in [-0.2, 0) is 11.4 Å². The Morgan fingerprint density at radius 1 is 1.38 bits per heavy atom. The molecule has 3 rings (SSSR count). The number of nitrogens with one attached hydrogen (secondary N) is 2. The summed E-state index contributed by atoms with van der Waals surface area (Å²) in [4.78, 5) is 16.4. The summed E-state index contributed by atoms with van der Waals surface area (Å²) in [5.41, 5.74) is 1.65. The minimum Gasteiger partial charge on any atom is -0.487 e. The Morgan fingerprint density at radius 3 is 2.92 bits per heavy atom. The van der Waals surface area contributed by atoms with Crippen LogP contribution in [0.1, 0.15) is 30.6 Å². The fraction of sp³-hybridized carbons (Fsp3) is 0.368. The van der Waals surface area contributed by atoms with Gasteiger partial charge in [-0.05, 0) is 36.8 Å². The number of amides is 1. The first-order chi connectivity index (χ1) is 12.4. The fourth-order valence-electron chi connectivity index (χ4n) is 2.81. The van der Waals surface area contributed by atoms with Crippen molar-refractivity contribution >= 4 is 5.91 Å². The number of hydrogen-bond donors (Lipinski definition) is 2. The number of rotatable bonds is 6. The SMILES string of the molecule is CC(NC(=O)C1CC(F)(F)CN1)c1cccc(OCc2ccccn2)c1. The van der Waals surface area contributed by atoms with Crippen molar-refractivity contribution in [2.45, 2.75) is 38.0 Å². The lowest BCUT2D eigenvalue weighted by Crippen LogP contribution is -2.41. The molecular formula is C19H21F2N3O2. The number of carbonyl (C=O) groups excluding carboxylic acids is 1. The maximum Gasteiger partial charge on any atom is 0.262 e. The summed E-state index contributed by atoms with van der Waals surface area (Å²) >= 11 is 0. The van der Waals surface area contributed by atoms with Crippen LogP contribution in [0.5, 0.6) is 5.75 Å². The van der Waals surface area contributed by atoms with Crippen molar-refractivity contribution in [3.63, 3.8) is 0 Å². The second-order valence-electron chi connectivity index (χ2n) is 6.41. The molecule has 2 unspecified atom stereocenters. The maximum atomic E-state index is 13.2. The molecule has 1 amide bonds. The molecule has 2 heterocycles. The predicted octanol–water partition coefficient (Wildman–Crippen LogP) is 2.84. The van der Waals surface area contributed by atoms with E-state index in [1.165, 1.54) is 0 Å². The molecule has 1 saturated heterocycles. The predicted molar refractivity (Wildman–Crippen MR) is 92.9 cm³/mol. The molecule has 0 saturated carbocycles. The van der Waals surface area contributed by atoms with Gasteiger partial charge in [-0.15, -0.1) is 0 Å². The molecule has 1 aliphatic rings. The van der Waals surface area contributed by atoms with Crippen molar-refractivity contribution in [3.05, 3.63) is 59.9 Å². The van der Waals surface area contributed by atoms with E-state index in [1.54, 1.807) is 6.20 Å². The second kappa shape index (κ2) is 7.78. The third-order valence-corrected chi connectivity index (χ3v) is 4.26. The molecule has 2 atom stereocenters. The molecule has 1 aliphatic heterocycles. The summed E-state index contributed by atoms with van der Waals surface area (Å²) in [6.07, 6.45) is 1.23. The number of aromatic nitrogens is 1. The number of benzene rings is 1. The van der Waals surface area contributed by atoms with E-state index in [-0.39, 0.29) is 6.04 Å². The summed E-state index contributed by atoms with van der Waals surface area (Å²) in [6.45, 7) is 1.69. The van der Waals surface area contributed by atoms with E-state index in [0.29, 0.717) is 12.4 Å². The highest BCUT2D eigenvalue weighted by Gasteiger charge is 2.42. The van der Waals surface area contributed by atoms with E-state index < -0.39 is 30.8 Å². The van der Waals surface area contributed by atoms with Gasteiger partial charge in [0.15, 0.2) is 0 Å². The normalized spacial score (nSPS) is 19.7. The lowest BCUT2D eigenvalue weighted by atomic mass is 10.1. The Kier molecular flexibility index (Phi) is 5.46. The van der Waals surface area contributed by atoms with Crippen LogP contribution in [-0.4, -0.2) is 29.4 Å². The Hall–Kier alpha value is -2.54. The first kappa shape index (κ1) is 18.3. The van der Waals surface area contributed by atoms with Crippen molar-refractivity contribution in [2.24, 2.45) is 0 Å². The zero-order valence-corrected chi connectivity index (χ0v) is 14.4. The van der Waals surface area contributed by atoms with Crippen molar-refractivity contribution in [2.75, 3.05) is 6.54 Å². The largest absolute Gasteiger partial charge is 0.487 e. The Labute approximate surface area is 150 Å². The molecule has 138 valence electrons. The van der Waals surface area contributed by atoms with Crippen LogP contribution in [0.15, 0.2) is 48.7 Å². The monoisotopic (exact) mass is 361 g/mol. The van der Waals surface area contributed by atoms with E-state index in [9.17, 15) is 13.6 Å². The van der Waals surface area contributed by atoms with E-state index in [0.717, 1.165) is 11.3 Å². The Morgan fingerprint density at radius 2 is 2.23 bits per heavy atom. The third kappa shape index (κ3) is 4.76. The van der Waals surface area contributed by atoms with Gasteiger partial charge in [0, 0.05) is 12.6 Å². The minimum absolute atomic E-state index is 0.322. The molecule has 1 aromatic carbocycles. The molecule has 1 aromatic heterocycles. The van der Waals surface area contributed by atoms with Gasteiger partial charge in [0.05, 0.1) is 24.3 Å². The summed E-state index contributed by atoms with van der Waals surface area (Å²) in [5.74, 6) is -2.60. The average molecular weight is 361 g/mol. The van der Waals surface area contributed by atoms with E-state index in [2.05, 4.69) is 15.6 Å². The summed E-state index contributed by atoms with van der Waals surface area (Å²) in [6, 6.07) is 11.7. The first-order valence-electron chi connectivity index (χ1n) is 8.47. The molecular weight excluding hydrogens is 340 g/mol. The number of ether oxygens (including phenoxy) is 1. The fourth-order valence-corrected chi connectivity index (χ4v) is 2.81. The van der Waals surface area contributed by atoms with E-state index in [4.69, 9.17) is 4.74 Å². The van der Waals surface area contributed by atoms with Gasteiger partial charge >= 0.3 is 0 Å². The highest BCUT2D eigenvalue weighted by atomic mass is 19.3.